The summed E-state index contributed by atoms with van der Waals surface area (Å²) in [6, 6.07) is 13.6. The number of aromatic nitrogens is 2. The lowest BCUT2D eigenvalue weighted by atomic mass is 9.96. The molecule has 11 nitrogen and oxygen atoms in total. The summed E-state index contributed by atoms with van der Waals surface area (Å²) < 4.78 is 12.8. The molecule has 2 aromatic carbocycles. The van der Waals surface area contributed by atoms with E-state index in [9.17, 15) is 29.9 Å². The van der Waals surface area contributed by atoms with E-state index in [1.165, 1.54) is 18.3 Å². The van der Waals surface area contributed by atoms with Crippen LogP contribution in [0.2, 0.25) is 0 Å². The molecular weight excluding hydrogens is 518 g/mol. The first kappa shape index (κ1) is 28.9. The Morgan fingerprint density at radius 3 is 2.48 bits per heavy atom. The SMILES string of the molecule is CC(C)(C)COC(c1ccc(C#Cc2ccccc2)cc1[N+](=O)[O-])c1cn([C@H]2C[C@H](O)[C@@H](CO)O2)c(=O)[nH]c1=O. The first-order chi connectivity index (χ1) is 19.0. The van der Waals surface area contributed by atoms with Crippen LogP contribution in [0.1, 0.15) is 61.8 Å². The number of aliphatic hydroxyl groups is 2. The molecule has 1 fully saturated rings. The molecule has 0 saturated carbocycles. The van der Waals surface area contributed by atoms with Crippen molar-refractivity contribution in [3.63, 3.8) is 0 Å². The second-order valence-electron chi connectivity index (χ2n) is 10.8. The van der Waals surface area contributed by atoms with E-state index >= 15 is 0 Å². The number of nitrogens with zero attached hydrogens (tertiary/aromatic N) is 2. The van der Waals surface area contributed by atoms with Crippen molar-refractivity contribution in [1.82, 2.24) is 9.55 Å². The van der Waals surface area contributed by atoms with Crippen molar-refractivity contribution in [2.24, 2.45) is 5.41 Å². The molecule has 0 radical (unpaired) electrons. The van der Waals surface area contributed by atoms with Gasteiger partial charge in [-0.25, -0.2) is 4.79 Å². The first-order valence-corrected chi connectivity index (χ1v) is 12.7. The van der Waals surface area contributed by atoms with Gasteiger partial charge < -0.3 is 19.7 Å². The summed E-state index contributed by atoms with van der Waals surface area (Å²) in [5, 5.41) is 31.8. The third-order valence-corrected chi connectivity index (χ3v) is 6.29. The number of nitro benzene ring substituents is 1. The molecule has 1 unspecified atom stereocenters. The van der Waals surface area contributed by atoms with Crippen molar-refractivity contribution in [2.45, 2.75) is 51.7 Å². The lowest BCUT2D eigenvalue weighted by Gasteiger charge is -2.25. The standard InChI is InChI=1S/C29H31N3O8/c1-29(2,3)17-39-26(21-15-31(28(36)30-27(21)35)25-14-23(34)24(16-33)40-25)20-12-11-19(13-22(20)32(37)38)10-9-18-7-5-4-6-8-18/h4-8,11-13,15,23-26,33-34H,14,16-17H2,1-3H3,(H,30,35,36)/t23-,24+,25+,26?/m0/s1. The lowest BCUT2D eigenvalue weighted by Crippen LogP contribution is -2.36. The monoisotopic (exact) mass is 549 g/mol. The number of benzene rings is 2. The van der Waals surface area contributed by atoms with Crippen molar-refractivity contribution in [3.8, 4) is 11.8 Å². The van der Waals surface area contributed by atoms with E-state index in [0.717, 1.165) is 10.1 Å². The van der Waals surface area contributed by atoms with Gasteiger partial charge in [-0.2, -0.15) is 0 Å². The molecule has 4 rings (SSSR count). The number of nitrogens with one attached hydrogen (secondary N) is 1. The van der Waals surface area contributed by atoms with Crippen LogP contribution in [0.15, 0.2) is 64.3 Å². The molecule has 1 aliphatic rings. The van der Waals surface area contributed by atoms with E-state index in [2.05, 4.69) is 16.8 Å². The molecule has 0 bridgehead atoms. The van der Waals surface area contributed by atoms with Crippen molar-refractivity contribution < 1.29 is 24.6 Å². The number of nitro groups is 1. The molecular formula is C29H31N3O8. The van der Waals surface area contributed by atoms with Gasteiger partial charge in [-0.3, -0.25) is 24.5 Å². The fourth-order valence-corrected chi connectivity index (χ4v) is 4.30. The molecule has 3 N–H and O–H groups in total. The maximum Gasteiger partial charge on any atom is 0.330 e. The Kier molecular flexibility index (Phi) is 8.66. The Hall–Kier alpha value is -4.08. The molecule has 0 amide bonds. The highest BCUT2D eigenvalue weighted by Gasteiger charge is 2.36. The fraction of sp³-hybridized carbons (Fsp3) is 0.379. The summed E-state index contributed by atoms with van der Waals surface area (Å²) in [7, 11) is 0. The van der Waals surface area contributed by atoms with Gasteiger partial charge >= 0.3 is 5.69 Å². The third kappa shape index (κ3) is 6.73. The van der Waals surface area contributed by atoms with Gasteiger partial charge in [-0.1, -0.05) is 50.8 Å². The summed E-state index contributed by atoms with van der Waals surface area (Å²) in [5.41, 5.74) is -1.03. The number of ether oxygens (including phenoxy) is 2. The summed E-state index contributed by atoms with van der Waals surface area (Å²) in [6.45, 7) is 5.41. The molecule has 2 heterocycles. The minimum absolute atomic E-state index is 0.000932. The summed E-state index contributed by atoms with van der Waals surface area (Å²) >= 11 is 0. The van der Waals surface area contributed by atoms with Crippen LogP contribution >= 0.6 is 0 Å². The minimum Gasteiger partial charge on any atom is -0.394 e. The molecule has 0 spiro atoms. The Bertz CT molecular complexity index is 1550. The van der Waals surface area contributed by atoms with E-state index in [1.807, 2.05) is 51.1 Å². The van der Waals surface area contributed by atoms with Crippen molar-refractivity contribution in [1.29, 1.82) is 0 Å². The van der Waals surface area contributed by atoms with Crippen LogP contribution in [0.4, 0.5) is 5.69 Å². The quantitative estimate of drug-likeness (QED) is 0.231. The van der Waals surface area contributed by atoms with Crippen molar-refractivity contribution >= 4 is 5.69 Å². The molecule has 4 atom stereocenters. The van der Waals surface area contributed by atoms with Crippen LogP contribution in [0, 0.1) is 27.4 Å². The largest absolute Gasteiger partial charge is 0.394 e. The zero-order valence-electron chi connectivity index (χ0n) is 22.4. The summed E-state index contributed by atoms with van der Waals surface area (Å²) in [6.07, 6.45) is -2.87. The van der Waals surface area contributed by atoms with Crippen LogP contribution in [0.25, 0.3) is 0 Å². The molecule has 1 aliphatic heterocycles. The van der Waals surface area contributed by atoms with Crippen LogP contribution in [-0.4, -0.2) is 50.1 Å². The highest BCUT2D eigenvalue weighted by Crippen LogP contribution is 2.34. The van der Waals surface area contributed by atoms with Gasteiger partial charge in [0.05, 0.1) is 35.4 Å². The average molecular weight is 550 g/mol. The molecule has 0 aliphatic carbocycles. The molecule has 210 valence electrons. The third-order valence-electron chi connectivity index (χ3n) is 6.29. The smallest absolute Gasteiger partial charge is 0.330 e. The Labute approximate surface area is 230 Å². The van der Waals surface area contributed by atoms with Gasteiger partial charge in [0.25, 0.3) is 11.2 Å². The average Bonchev–Trinajstić information content (AvgIpc) is 3.28. The Morgan fingerprint density at radius 2 is 1.85 bits per heavy atom. The summed E-state index contributed by atoms with van der Waals surface area (Å²) in [4.78, 5) is 39.6. The number of aromatic amines is 1. The first-order valence-electron chi connectivity index (χ1n) is 12.7. The second kappa shape index (κ2) is 12.0. The number of aliphatic hydroxyl groups excluding tert-OH is 2. The molecule has 1 saturated heterocycles. The fourth-order valence-electron chi connectivity index (χ4n) is 4.30. The van der Waals surface area contributed by atoms with Crippen LogP contribution in [0.3, 0.4) is 0 Å². The van der Waals surface area contributed by atoms with Gasteiger partial charge in [-0.05, 0) is 29.7 Å². The van der Waals surface area contributed by atoms with E-state index in [1.54, 1.807) is 6.07 Å². The number of H-pyrrole nitrogens is 1. The van der Waals surface area contributed by atoms with Crippen LogP contribution in [-0.2, 0) is 9.47 Å². The highest BCUT2D eigenvalue weighted by molar-refractivity contribution is 5.53. The number of rotatable bonds is 7. The number of hydrogen-bond donors (Lipinski definition) is 3. The van der Waals surface area contributed by atoms with Crippen molar-refractivity contribution in [2.75, 3.05) is 13.2 Å². The van der Waals surface area contributed by atoms with Gasteiger partial charge in [-0.15, -0.1) is 0 Å². The molecule has 40 heavy (non-hydrogen) atoms. The van der Waals surface area contributed by atoms with Gasteiger partial charge in [0.1, 0.15) is 18.4 Å². The summed E-state index contributed by atoms with van der Waals surface area (Å²) in [5.74, 6) is 5.90. The normalized spacial score (nSPS) is 19.6. The number of hydrogen-bond acceptors (Lipinski definition) is 8. The van der Waals surface area contributed by atoms with E-state index < -0.39 is 47.3 Å². The predicted molar refractivity (Wildman–Crippen MR) is 146 cm³/mol. The topological polar surface area (TPSA) is 157 Å². The minimum atomic E-state index is -1.22. The van der Waals surface area contributed by atoms with E-state index in [4.69, 9.17) is 9.47 Å². The Balaban J connectivity index is 1.81. The highest BCUT2D eigenvalue weighted by atomic mass is 16.6. The van der Waals surface area contributed by atoms with Crippen molar-refractivity contribution in [3.05, 3.63) is 108 Å². The molecule has 11 heteroatoms. The second-order valence-corrected chi connectivity index (χ2v) is 10.8. The lowest BCUT2D eigenvalue weighted by molar-refractivity contribution is -0.386. The maximum atomic E-state index is 13.1. The van der Waals surface area contributed by atoms with Gasteiger partial charge in [0.2, 0.25) is 0 Å². The zero-order valence-corrected chi connectivity index (χ0v) is 22.4. The van der Waals surface area contributed by atoms with Crippen LogP contribution in [0.5, 0.6) is 0 Å². The maximum absolute atomic E-state index is 13.1. The van der Waals surface area contributed by atoms with E-state index in [0.29, 0.717) is 5.56 Å². The van der Waals surface area contributed by atoms with Gasteiger partial charge in [0.15, 0.2) is 0 Å². The van der Waals surface area contributed by atoms with Crippen LogP contribution < -0.4 is 11.2 Å². The molecule has 1 aromatic heterocycles. The Morgan fingerprint density at radius 1 is 1.15 bits per heavy atom. The molecule has 3 aromatic rings. The van der Waals surface area contributed by atoms with Gasteiger partial charge in [0, 0.05) is 29.8 Å². The zero-order chi connectivity index (χ0) is 29.0. The predicted octanol–water partition coefficient (Wildman–Crippen LogP) is 2.64. The van der Waals surface area contributed by atoms with E-state index in [-0.39, 0.29) is 35.3 Å².